The molecule has 0 aliphatic heterocycles. The lowest BCUT2D eigenvalue weighted by Gasteiger charge is -2.33. The Morgan fingerprint density at radius 2 is 1.57 bits per heavy atom. The van der Waals surface area contributed by atoms with Gasteiger partial charge >= 0.3 is 12.4 Å². The number of hydrogen-bond acceptors (Lipinski definition) is 1. The Bertz CT molecular complexity index is 529. The first-order chi connectivity index (χ1) is 9.51. The Morgan fingerprint density at radius 3 is 1.95 bits per heavy atom. The van der Waals surface area contributed by atoms with Crippen LogP contribution in [0.25, 0.3) is 0 Å². The van der Waals surface area contributed by atoms with Crippen LogP contribution < -0.4 is 5.73 Å². The first-order valence-corrected chi connectivity index (χ1v) is 6.25. The number of halogens is 7. The van der Waals surface area contributed by atoms with Gasteiger partial charge in [0.25, 0.3) is 0 Å². The van der Waals surface area contributed by atoms with Crippen molar-refractivity contribution in [3.8, 4) is 0 Å². The number of benzene rings is 1. The normalized spacial score (nSPS) is 18.5. The number of nitrogens with two attached hydrogens (primary N) is 1. The van der Waals surface area contributed by atoms with Gasteiger partial charge < -0.3 is 5.73 Å². The third kappa shape index (κ3) is 3.14. The van der Waals surface area contributed by atoms with Gasteiger partial charge in [-0.25, -0.2) is 4.39 Å². The maximum absolute atomic E-state index is 13.9. The molecule has 2 rings (SSSR count). The van der Waals surface area contributed by atoms with Gasteiger partial charge in [0, 0.05) is 11.6 Å². The fourth-order valence-electron chi connectivity index (χ4n) is 2.39. The van der Waals surface area contributed by atoms with Crippen LogP contribution in [0.4, 0.5) is 30.7 Å². The van der Waals surface area contributed by atoms with E-state index in [1.165, 1.54) is 0 Å². The zero-order valence-electron chi connectivity index (χ0n) is 10.7. The van der Waals surface area contributed by atoms with Gasteiger partial charge in [-0.2, -0.15) is 26.3 Å². The third-order valence-electron chi connectivity index (χ3n) is 3.75. The van der Waals surface area contributed by atoms with Gasteiger partial charge in [0.1, 0.15) is 5.82 Å². The molecule has 1 fully saturated rings. The highest BCUT2D eigenvalue weighted by Gasteiger charge is 2.42. The molecule has 8 heteroatoms. The van der Waals surface area contributed by atoms with Crippen molar-refractivity contribution >= 4 is 0 Å². The summed E-state index contributed by atoms with van der Waals surface area (Å²) in [7, 11) is 0. The monoisotopic (exact) mass is 315 g/mol. The SMILES string of the molecule is N[C@@H](c1c(F)cc(C(F)(F)F)cc1C(F)(F)F)C1CCC1. The lowest BCUT2D eigenvalue weighted by Crippen LogP contribution is -2.30. The molecule has 0 unspecified atom stereocenters. The van der Waals surface area contributed by atoms with Crippen LogP contribution in [0.5, 0.6) is 0 Å². The van der Waals surface area contributed by atoms with Crippen molar-refractivity contribution in [1.82, 2.24) is 0 Å². The highest BCUT2D eigenvalue weighted by atomic mass is 19.4. The molecule has 0 saturated heterocycles. The van der Waals surface area contributed by atoms with Crippen molar-refractivity contribution < 1.29 is 30.7 Å². The minimum atomic E-state index is -5.10. The van der Waals surface area contributed by atoms with Gasteiger partial charge in [0.15, 0.2) is 0 Å². The minimum Gasteiger partial charge on any atom is -0.324 e. The Hall–Kier alpha value is -1.31. The zero-order valence-corrected chi connectivity index (χ0v) is 10.7. The van der Waals surface area contributed by atoms with Gasteiger partial charge in [-0.05, 0) is 30.9 Å². The molecule has 118 valence electrons. The fourth-order valence-corrected chi connectivity index (χ4v) is 2.39. The first-order valence-electron chi connectivity index (χ1n) is 6.25. The summed E-state index contributed by atoms with van der Waals surface area (Å²) in [6.45, 7) is 0. The maximum Gasteiger partial charge on any atom is 0.416 e. The molecular weight excluding hydrogens is 303 g/mol. The van der Waals surface area contributed by atoms with Crippen molar-refractivity contribution in [3.63, 3.8) is 0 Å². The number of hydrogen-bond donors (Lipinski definition) is 1. The molecule has 1 aliphatic rings. The molecule has 0 spiro atoms. The van der Waals surface area contributed by atoms with E-state index in [1.807, 2.05) is 0 Å². The van der Waals surface area contributed by atoms with E-state index in [9.17, 15) is 30.7 Å². The van der Waals surface area contributed by atoms with E-state index in [4.69, 9.17) is 5.73 Å². The lowest BCUT2D eigenvalue weighted by atomic mass is 9.76. The Balaban J connectivity index is 2.57. The second kappa shape index (κ2) is 5.15. The Kier molecular flexibility index (Phi) is 3.94. The summed E-state index contributed by atoms with van der Waals surface area (Å²) in [5.74, 6) is -1.89. The summed E-state index contributed by atoms with van der Waals surface area (Å²) >= 11 is 0. The molecule has 1 aromatic rings. The summed E-state index contributed by atoms with van der Waals surface area (Å²) in [4.78, 5) is 0. The fraction of sp³-hybridized carbons (Fsp3) is 0.538. The minimum absolute atomic E-state index is 0.0725. The van der Waals surface area contributed by atoms with Crippen molar-refractivity contribution in [3.05, 3.63) is 34.6 Å². The molecule has 0 radical (unpaired) electrons. The zero-order chi connectivity index (χ0) is 16.0. The van der Waals surface area contributed by atoms with Crippen LogP contribution in [0.15, 0.2) is 12.1 Å². The Labute approximate surface area is 115 Å². The first kappa shape index (κ1) is 16.1. The van der Waals surface area contributed by atoms with E-state index in [2.05, 4.69) is 0 Å². The maximum atomic E-state index is 13.9. The van der Waals surface area contributed by atoms with Gasteiger partial charge in [0.2, 0.25) is 0 Å². The molecule has 1 nitrogen and oxygen atoms in total. The summed E-state index contributed by atoms with van der Waals surface area (Å²) in [6, 6.07) is -1.25. The molecule has 1 saturated carbocycles. The van der Waals surface area contributed by atoms with Crippen molar-refractivity contribution in [2.45, 2.75) is 37.7 Å². The van der Waals surface area contributed by atoms with Gasteiger partial charge in [0.05, 0.1) is 11.1 Å². The van der Waals surface area contributed by atoms with Gasteiger partial charge in [-0.3, -0.25) is 0 Å². The van der Waals surface area contributed by atoms with Crippen LogP contribution in [0.3, 0.4) is 0 Å². The van der Waals surface area contributed by atoms with Crippen LogP contribution in [0, 0.1) is 11.7 Å². The largest absolute Gasteiger partial charge is 0.416 e. The van der Waals surface area contributed by atoms with Gasteiger partial charge in [-0.15, -0.1) is 0 Å². The molecule has 0 aromatic heterocycles. The van der Waals surface area contributed by atoms with E-state index in [1.54, 1.807) is 0 Å². The van der Waals surface area contributed by atoms with Crippen molar-refractivity contribution in [1.29, 1.82) is 0 Å². The van der Waals surface area contributed by atoms with E-state index in [0.717, 1.165) is 6.42 Å². The van der Waals surface area contributed by atoms with E-state index < -0.39 is 40.9 Å². The molecule has 1 atom stereocenters. The van der Waals surface area contributed by atoms with E-state index in [-0.39, 0.29) is 18.1 Å². The summed E-state index contributed by atoms with van der Waals surface area (Å²) in [5.41, 5.74) is 1.45. The standard InChI is InChI=1S/C13H12F7N/c14-9-5-7(12(15,16)17)4-8(13(18,19)20)10(9)11(21)6-2-1-3-6/h4-6,11H,1-3,21H2/t11-/m1/s1. The second-order valence-corrected chi connectivity index (χ2v) is 5.13. The smallest absolute Gasteiger partial charge is 0.324 e. The summed E-state index contributed by atoms with van der Waals surface area (Å²) in [6.07, 6.45) is -8.31. The van der Waals surface area contributed by atoms with Crippen molar-refractivity contribution in [2.24, 2.45) is 11.7 Å². The molecule has 21 heavy (non-hydrogen) atoms. The van der Waals surface area contributed by atoms with Crippen LogP contribution in [0.1, 0.15) is 42.0 Å². The van der Waals surface area contributed by atoms with Crippen LogP contribution >= 0.6 is 0 Å². The number of rotatable bonds is 2. The summed E-state index contributed by atoms with van der Waals surface area (Å²) in [5, 5.41) is 0. The highest BCUT2D eigenvalue weighted by molar-refractivity contribution is 5.39. The summed E-state index contributed by atoms with van der Waals surface area (Å²) < 4.78 is 90.3. The molecular formula is C13H12F7N. The molecule has 0 heterocycles. The molecule has 0 amide bonds. The molecule has 1 aliphatic carbocycles. The second-order valence-electron chi connectivity index (χ2n) is 5.13. The molecule has 1 aromatic carbocycles. The highest BCUT2D eigenvalue weighted by Crippen LogP contribution is 2.44. The van der Waals surface area contributed by atoms with E-state index in [0.29, 0.717) is 12.8 Å². The topological polar surface area (TPSA) is 26.0 Å². The van der Waals surface area contributed by atoms with Crippen LogP contribution in [-0.2, 0) is 12.4 Å². The Morgan fingerprint density at radius 1 is 1.00 bits per heavy atom. The third-order valence-corrected chi connectivity index (χ3v) is 3.75. The van der Waals surface area contributed by atoms with Crippen LogP contribution in [-0.4, -0.2) is 0 Å². The van der Waals surface area contributed by atoms with Crippen LogP contribution in [0.2, 0.25) is 0 Å². The predicted octanol–water partition coefficient (Wildman–Crippen LogP) is 4.66. The molecule has 0 bridgehead atoms. The van der Waals surface area contributed by atoms with Crippen molar-refractivity contribution in [2.75, 3.05) is 0 Å². The molecule has 2 N–H and O–H groups in total. The average molecular weight is 315 g/mol. The van der Waals surface area contributed by atoms with Gasteiger partial charge in [-0.1, -0.05) is 6.42 Å². The average Bonchev–Trinajstić information content (AvgIpc) is 2.22. The quantitative estimate of drug-likeness (QED) is 0.789. The van der Waals surface area contributed by atoms with E-state index >= 15 is 0 Å². The lowest BCUT2D eigenvalue weighted by molar-refractivity contribution is -0.144. The predicted molar refractivity (Wildman–Crippen MR) is 60.7 cm³/mol. The number of alkyl halides is 6.